The van der Waals surface area contributed by atoms with Crippen molar-refractivity contribution in [1.82, 2.24) is 15.5 Å². The number of rotatable bonds is 2. The van der Waals surface area contributed by atoms with Gasteiger partial charge in [0.1, 0.15) is 6.04 Å². The number of piperazine rings is 1. The lowest BCUT2D eigenvalue weighted by atomic mass is 9.95. The van der Waals surface area contributed by atoms with E-state index >= 15 is 0 Å². The number of hydrogen-bond acceptors (Lipinski definition) is 3. The van der Waals surface area contributed by atoms with Gasteiger partial charge in [0.2, 0.25) is 11.8 Å². The van der Waals surface area contributed by atoms with Crippen LogP contribution < -0.4 is 10.6 Å². The van der Waals surface area contributed by atoms with Crippen LogP contribution >= 0.6 is 12.4 Å². The van der Waals surface area contributed by atoms with Crippen LogP contribution in [0.4, 0.5) is 0 Å². The molecule has 0 aromatic carbocycles. The number of nitrogens with zero attached hydrogens (tertiary/aromatic N) is 1. The summed E-state index contributed by atoms with van der Waals surface area (Å²) in [5.74, 6) is -0.0901. The maximum Gasteiger partial charge on any atom is 0.245 e. The van der Waals surface area contributed by atoms with Gasteiger partial charge in [-0.2, -0.15) is 0 Å². The van der Waals surface area contributed by atoms with Gasteiger partial charge in [-0.05, 0) is 13.8 Å². The zero-order valence-corrected chi connectivity index (χ0v) is 13.3. The second-order valence-electron chi connectivity index (χ2n) is 6.03. The molecule has 0 bridgehead atoms. The predicted octanol–water partition coefficient (Wildman–Crippen LogP) is 0.779. The first kappa shape index (κ1) is 18.2. The molecule has 1 fully saturated rings. The monoisotopic (exact) mass is 291 g/mol. The van der Waals surface area contributed by atoms with E-state index in [0.29, 0.717) is 6.54 Å². The van der Waals surface area contributed by atoms with Crippen LogP contribution in [0.2, 0.25) is 0 Å². The molecule has 1 unspecified atom stereocenters. The normalized spacial score (nSPS) is 21.3. The van der Waals surface area contributed by atoms with Crippen LogP contribution in [0.5, 0.6) is 0 Å². The van der Waals surface area contributed by atoms with Gasteiger partial charge in [-0.3, -0.25) is 9.59 Å². The highest BCUT2D eigenvalue weighted by atomic mass is 35.5. The number of carbonyl (C=O) groups excluding carboxylic acids is 2. The highest BCUT2D eigenvalue weighted by Gasteiger charge is 2.30. The molecule has 0 aromatic heterocycles. The maximum absolute atomic E-state index is 12.3. The molecule has 0 spiro atoms. The van der Waals surface area contributed by atoms with Crippen molar-refractivity contribution >= 4 is 24.2 Å². The Hall–Kier alpha value is -0.810. The Kier molecular flexibility index (Phi) is 6.80. The first-order valence-corrected chi connectivity index (χ1v) is 6.55. The summed E-state index contributed by atoms with van der Waals surface area (Å²) in [6, 6.07) is -0.280. The van der Waals surface area contributed by atoms with Gasteiger partial charge in [0, 0.05) is 31.1 Å². The zero-order chi connectivity index (χ0) is 13.9. The molecule has 2 N–H and O–H groups in total. The molecule has 5 nitrogen and oxygen atoms in total. The third-order valence-electron chi connectivity index (χ3n) is 3.18. The third kappa shape index (κ3) is 4.99. The van der Waals surface area contributed by atoms with Crippen molar-refractivity contribution in [3.05, 3.63) is 0 Å². The zero-order valence-electron chi connectivity index (χ0n) is 12.4. The standard InChI is InChI=1S/C13H25N3O2.ClH/c1-9-8-14-6-7-16(9)11(17)10(2)15-12(18)13(3,4)5;/h9-10,14H,6-8H2,1-5H3,(H,15,18);1H/t9-,10?;/m0./s1. The van der Waals surface area contributed by atoms with Crippen molar-refractivity contribution in [2.24, 2.45) is 5.41 Å². The Morgan fingerprint density at radius 1 is 1.37 bits per heavy atom. The Bertz CT molecular complexity index is 328. The van der Waals surface area contributed by atoms with Crippen LogP contribution in [0.15, 0.2) is 0 Å². The first-order valence-electron chi connectivity index (χ1n) is 6.55. The van der Waals surface area contributed by atoms with Crippen LogP contribution in [0.1, 0.15) is 34.6 Å². The van der Waals surface area contributed by atoms with Gasteiger partial charge in [0.25, 0.3) is 0 Å². The third-order valence-corrected chi connectivity index (χ3v) is 3.18. The number of nitrogens with one attached hydrogen (secondary N) is 2. The molecule has 6 heteroatoms. The molecule has 1 rings (SSSR count). The summed E-state index contributed by atoms with van der Waals surface area (Å²) in [5, 5.41) is 6.03. The number of halogens is 1. The second-order valence-corrected chi connectivity index (χ2v) is 6.03. The first-order chi connectivity index (χ1) is 8.23. The fourth-order valence-corrected chi connectivity index (χ4v) is 1.89. The van der Waals surface area contributed by atoms with E-state index < -0.39 is 11.5 Å². The van der Waals surface area contributed by atoms with Crippen molar-refractivity contribution < 1.29 is 9.59 Å². The van der Waals surface area contributed by atoms with Crippen LogP contribution in [-0.4, -0.2) is 48.4 Å². The van der Waals surface area contributed by atoms with Gasteiger partial charge in [-0.15, -0.1) is 12.4 Å². The largest absolute Gasteiger partial charge is 0.344 e. The van der Waals surface area contributed by atoms with Gasteiger partial charge in [0.05, 0.1) is 0 Å². The molecule has 0 saturated carbocycles. The molecule has 2 atom stereocenters. The van der Waals surface area contributed by atoms with Crippen molar-refractivity contribution in [2.75, 3.05) is 19.6 Å². The smallest absolute Gasteiger partial charge is 0.245 e. The molecule has 112 valence electrons. The Balaban J connectivity index is 0.00000324. The molecule has 1 heterocycles. The summed E-state index contributed by atoms with van der Waals surface area (Å²) < 4.78 is 0. The Morgan fingerprint density at radius 2 is 1.95 bits per heavy atom. The summed E-state index contributed by atoms with van der Waals surface area (Å²) in [6.07, 6.45) is 0. The SMILES string of the molecule is CC(NC(=O)C(C)(C)C)C(=O)N1CCNC[C@@H]1C.Cl. The van der Waals surface area contributed by atoms with Gasteiger partial charge >= 0.3 is 0 Å². The van der Waals surface area contributed by atoms with Crippen LogP contribution in [0.3, 0.4) is 0 Å². The summed E-state index contributed by atoms with van der Waals surface area (Å²) >= 11 is 0. The van der Waals surface area contributed by atoms with E-state index in [0.717, 1.165) is 13.1 Å². The number of carbonyl (C=O) groups is 2. The van der Waals surface area contributed by atoms with E-state index in [4.69, 9.17) is 0 Å². The summed E-state index contributed by atoms with van der Waals surface area (Å²) in [7, 11) is 0. The van der Waals surface area contributed by atoms with Crippen LogP contribution in [0.25, 0.3) is 0 Å². The average Bonchev–Trinajstić information content (AvgIpc) is 2.27. The van der Waals surface area contributed by atoms with Gasteiger partial charge in [0.15, 0.2) is 0 Å². The summed E-state index contributed by atoms with van der Waals surface area (Å²) in [4.78, 5) is 25.9. The topological polar surface area (TPSA) is 61.4 Å². The highest BCUT2D eigenvalue weighted by Crippen LogP contribution is 2.13. The molecule has 19 heavy (non-hydrogen) atoms. The molecule has 2 amide bonds. The van der Waals surface area contributed by atoms with Gasteiger partial charge in [-0.1, -0.05) is 20.8 Å². The number of amides is 2. The lowest BCUT2D eigenvalue weighted by Gasteiger charge is -2.36. The Morgan fingerprint density at radius 3 is 2.42 bits per heavy atom. The lowest BCUT2D eigenvalue weighted by Crippen LogP contribution is -2.57. The lowest BCUT2D eigenvalue weighted by molar-refractivity contribution is -0.140. The fourth-order valence-electron chi connectivity index (χ4n) is 1.89. The molecule has 0 aromatic rings. The summed E-state index contributed by atoms with van der Waals surface area (Å²) in [6.45, 7) is 11.6. The predicted molar refractivity (Wildman–Crippen MR) is 78.4 cm³/mol. The van der Waals surface area contributed by atoms with E-state index in [9.17, 15) is 9.59 Å². The molecule has 1 aliphatic heterocycles. The van der Waals surface area contributed by atoms with E-state index in [1.807, 2.05) is 32.6 Å². The summed E-state index contributed by atoms with van der Waals surface area (Å²) in [5.41, 5.74) is -0.469. The molecule has 1 aliphatic rings. The Labute approximate surface area is 121 Å². The minimum absolute atomic E-state index is 0. The molecule has 0 radical (unpaired) electrons. The van der Waals surface area contributed by atoms with Crippen molar-refractivity contribution in [3.63, 3.8) is 0 Å². The van der Waals surface area contributed by atoms with Crippen molar-refractivity contribution in [2.45, 2.75) is 46.7 Å². The molecular weight excluding hydrogens is 266 g/mol. The van der Waals surface area contributed by atoms with Crippen molar-refractivity contribution in [3.8, 4) is 0 Å². The van der Waals surface area contributed by atoms with Gasteiger partial charge in [-0.25, -0.2) is 0 Å². The quantitative estimate of drug-likeness (QED) is 0.790. The van der Waals surface area contributed by atoms with E-state index in [1.165, 1.54) is 0 Å². The van der Waals surface area contributed by atoms with Crippen LogP contribution in [0, 0.1) is 5.41 Å². The molecule has 0 aliphatic carbocycles. The highest BCUT2D eigenvalue weighted by molar-refractivity contribution is 5.89. The minimum atomic E-state index is -0.469. The molecule has 1 saturated heterocycles. The van der Waals surface area contributed by atoms with E-state index in [2.05, 4.69) is 10.6 Å². The second kappa shape index (κ2) is 7.10. The number of hydrogen-bond donors (Lipinski definition) is 2. The maximum atomic E-state index is 12.3. The molecular formula is C13H26ClN3O2. The average molecular weight is 292 g/mol. The van der Waals surface area contributed by atoms with E-state index in [1.54, 1.807) is 6.92 Å². The van der Waals surface area contributed by atoms with Gasteiger partial charge < -0.3 is 15.5 Å². The van der Waals surface area contributed by atoms with Crippen LogP contribution in [-0.2, 0) is 9.59 Å². The fraction of sp³-hybridized carbons (Fsp3) is 0.846. The van der Waals surface area contributed by atoms with Crippen molar-refractivity contribution in [1.29, 1.82) is 0 Å². The van der Waals surface area contributed by atoms with E-state index in [-0.39, 0.29) is 30.3 Å². The minimum Gasteiger partial charge on any atom is -0.344 e.